The second-order valence-corrected chi connectivity index (χ2v) is 11.3. The van der Waals surface area contributed by atoms with Crippen LogP contribution < -0.4 is 10.6 Å². The summed E-state index contributed by atoms with van der Waals surface area (Å²) >= 11 is 2.68. The molecule has 178 valence electrons. The summed E-state index contributed by atoms with van der Waals surface area (Å²) in [5, 5.41) is 18.9. The van der Waals surface area contributed by atoms with E-state index in [0.29, 0.717) is 15.1 Å². The second-order valence-electron chi connectivity index (χ2n) is 9.09. The van der Waals surface area contributed by atoms with Crippen LogP contribution in [0.2, 0.25) is 0 Å². The molecule has 0 spiro atoms. The predicted molar refractivity (Wildman–Crippen MR) is 131 cm³/mol. The molecule has 33 heavy (non-hydrogen) atoms. The lowest BCUT2D eigenvalue weighted by Crippen LogP contribution is -2.37. The van der Waals surface area contributed by atoms with Crippen LogP contribution in [0, 0.1) is 19.8 Å². The highest BCUT2D eigenvalue weighted by molar-refractivity contribution is 8.01. The minimum atomic E-state index is -0.604. The van der Waals surface area contributed by atoms with Crippen LogP contribution in [0.4, 0.5) is 10.5 Å². The number of alkyl carbamates (subject to hydrolysis) is 1. The van der Waals surface area contributed by atoms with Gasteiger partial charge in [0.05, 0.1) is 11.8 Å². The summed E-state index contributed by atoms with van der Waals surface area (Å²) in [7, 11) is 0. The number of hydrogen-bond donors (Lipinski definition) is 2. The number of carbonyl (C=O) groups excluding carboxylic acids is 2. The Balaban J connectivity index is 1.70. The average molecular weight is 491 g/mol. The Morgan fingerprint density at radius 1 is 1.18 bits per heavy atom. The fourth-order valence-corrected chi connectivity index (χ4v) is 4.83. The highest BCUT2D eigenvalue weighted by Crippen LogP contribution is 2.28. The molecule has 2 amide bonds. The van der Waals surface area contributed by atoms with Crippen LogP contribution in [0.3, 0.4) is 0 Å². The van der Waals surface area contributed by atoms with Crippen molar-refractivity contribution in [3.05, 3.63) is 35.2 Å². The number of nitrogens with one attached hydrogen (secondary N) is 2. The van der Waals surface area contributed by atoms with E-state index in [1.165, 1.54) is 23.1 Å². The highest BCUT2D eigenvalue weighted by Gasteiger charge is 2.28. The number of anilines is 1. The lowest BCUT2D eigenvalue weighted by atomic mass is 10.0. The van der Waals surface area contributed by atoms with Crippen LogP contribution in [-0.2, 0) is 9.53 Å². The van der Waals surface area contributed by atoms with Gasteiger partial charge in [-0.05, 0) is 51.7 Å². The van der Waals surface area contributed by atoms with Crippen molar-refractivity contribution < 1.29 is 14.3 Å². The van der Waals surface area contributed by atoms with Gasteiger partial charge in [0.1, 0.15) is 5.60 Å². The number of nitrogens with zero attached hydrogens (tertiary/aromatic N) is 4. The number of fused-ring (bicyclic) bond motifs is 1. The Kier molecular flexibility index (Phi) is 7.63. The first-order chi connectivity index (χ1) is 15.4. The first-order valence-electron chi connectivity index (χ1n) is 10.6. The number of para-hydroxylation sites is 1. The summed E-state index contributed by atoms with van der Waals surface area (Å²) in [4.78, 5) is 25.4. The molecular weight excluding hydrogens is 460 g/mol. The van der Waals surface area contributed by atoms with E-state index in [-0.39, 0.29) is 17.6 Å². The minimum Gasteiger partial charge on any atom is -0.444 e. The van der Waals surface area contributed by atoms with E-state index >= 15 is 0 Å². The Morgan fingerprint density at radius 3 is 2.45 bits per heavy atom. The quantitative estimate of drug-likeness (QED) is 0.460. The fourth-order valence-electron chi connectivity index (χ4n) is 3.15. The molecular formula is C22H30N6O3S2. The third-order valence-electron chi connectivity index (χ3n) is 4.69. The monoisotopic (exact) mass is 490 g/mol. The van der Waals surface area contributed by atoms with Crippen molar-refractivity contribution in [2.24, 2.45) is 5.92 Å². The van der Waals surface area contributed by atoms with Crippen LogP contribution in [0.5, 0.6) is 0 Å². The number of rotatable bonds is 7. The molecule has 2 aromatic heterocycles. The number of amides is 2. The van der Waals surface area contributed by atoms with E-state index in [0.717, 1.165) is 16.8 Å². The molecule has 2 N–H and O–H groups in total. The summed E-state index contributed by atoms with van der Waals surface area (Å²) in [5.41, 5.74) is 2.28. The molecule has 1 unspecified atom stereocenters. The molecule has 0 aliphatic carbocycles. The normalized spacial score (nSPS) is 12.7. The lowest BCUT2D eigenvalue weighted by molar-refractivity contribution is -0.113. The van der Waals surface area contributed by atoms with E-state index in [1.807, 2.05) is 66.7 Å². The van der Waals surface area contributed by atoms with Gasteiger partial charge in [-0.1, -0.05) is 55.1 Å². The standard InChI is InChI=1S/C22H30N6O3S2/c1-12(2)16(24-20(30)31-22(5,6)7)18-25-26-19-28(18)27-21(33-19)32-11-15(29)23-17-13(3)9-8-10-14(17)4/h8-10,12,16H,11H2,1-7H3,(H,23,29)(H,24,30). The van der Waals surface area contributed by atoms with Gasteiger partial charge >= 0.3 is 6.09 Å². The van der Waals surface area contributed by atoms with Gasteiger partial charge in [-0.2, -0.15) is 4.52 Å². The maximum atomic E-state index is 12.5. The molecule has 0 fully saturated rings. The van der Waals surface area contributed by atoms with Gasteiger partial charge in [-0.25, -0.2) is 4.79 Å². The molecule has 0 bridgehead atoms. The zero-order chi connectivity index (χ0) is 24.3. The summed E-state index contributed by atoms with van der Waals surface area (Å²) in [5.74, 6) is 0.673. The van der Waals surface area contributed by atoms with E-state index < -0.39 is 17.7 Å². The zero-order valence-corrected chi connectivity index (χ0v) is 21.6. The average Bonchev–Trinajstić information content (AvgIpc) is 3.26. The fraction of sp³-hybridized carbons (Fsp3) is 0.500. The van der Waals surface area contributed by atoms with Crippen molar-refractivity contribution in [2.75, 3.05) is 11.1 Å². The van der Waals surface area contributed by atoms with Crippen molar-refractivity contribution in [1.29, 1.82) is 0 Å². The number of carbonyl (C=O) groups is 2. The molecule has 3 rings (SSSR count). The molecule has 2 heterocycles. The van der Waals surface area contributed by atoms with Gasteiger partial charge in [0.15, 0.2) is 10.2 Å². The lowest BCUT2D eigenvalue weighted by Gasteiger charge is -2.24. The third-order valence-corrected chi connectivity index (χ3v) is 6.72. The van der Waals surface area contributed by atoms with Crippen molar-refractivity contribution in [1.82, 2.24) is 25.1 Å². The van der Waals surface area contributed by atoms with Gasteiger partial charge in [0, 0.05) is 5.69 Å². The molecule has 0 saturated heterocycles. The van der Waals surface area contributed by atoms with Crippen LogP contribution >= 0.6 is 23.1 Å². The summed E-state index contributed by atoms with van der Waals surface area (Å²) in [6.45, 7) is 13.3. The highest BCUT2D eigenvalue weighted by atomic mass is 32.2. The second kappa shape index (κ2) is 10.1. The predicted octanol–water partition coefficient (Wildman–Crippen LogP) is 4.76. The Bertz CT molecular complexity index is 1130. The molecule has 1 atom stereocenters. The zero-order valence-electron chi connectivity index (χ0n) is 19.9. The van der Waals surface area contributed by atoms with Crippen molar-refractivity contribution in [3.63, 3.8) is 0 Å². The molecule has 9 nitrogen and oxygen atoms in total. The maximum Gasteiger partial charge on any atom is 0.408 e. The van der Waals surface area contributed by atoms with Gasteiger partial charge in [0.25, 0.3) is 0 Å². The topological polar surface area (TPSA) is 111 Å². The van der Waals surface area contributed by atoms with Crippen molar-refractivity contribution in [3.8, 4) is 0 Å². The summed E-state index contributed by atoms with van der Waals surface area (Å²) in [6, 6.07) is 5.48. The Labute approximate surface area is 201 Å². The molecule has 0 aliphatic heterocycles. The molecule has 1 aromatic carbocycles. The Morgan fingerprint density at radius 2 is 1.85 bits per heavy atom. The van der Waals surface area contributed by atoms with Crippen LogP contribution in [0.1, 0.15) is 57.6 Å². The van der Waals surface area contributed by atoms with Gasteiger partial charge < -0.3 is 15.4 Å². The molecule has 0 saturated carbocycles. The van der Waals surface area contributed by atoms with Crippen molar-refractivity contribution in [2.45, 2.75) is 64.4 Å². The number of ether oxygens (including phenoxy) is 1. The number of hydrogen-bond acceptors (Lipinski definition) is 8. The van der Waals surface area contributed by atoms with E-state index in [2.05, 4.69) is 25.9 Å². The SMILES string of the molecule is Cc1cccc(C)c1NC(=O)CSc1nn2c(C(NC(=O)OC(C)(C)C)C(C)C)nnc2s1. The van der Waals surface area contributed by atoms with Crippen LogP contribution in [0.15, 0.2) is 22.5 Å². The minimum absolute atomic E-state index is 0.0332. The van der Waals surface area contributed by atoms with E-state index in [1.54, 1.807) is 4.52 Å². The first-order valence-corrected chi connectivity index (χ1v) is 12.5. The number of aryl methyl sites for hydroxylation is 2. The molecule has 3 aromatic rings. The van der Waals surface area contributed by atoms with E-state index in [4.69, 9.17) is 4.74 Å². The number of thioether (sulfide) groups is 1. The first kappa shape index (κ1) is 25.0. The van der Waals surface area contributed by atoms with Gasteiger partial charge in [0.2, 0.25) is 10.9 Å². The molecule has 11 heteroatoms. The van der Waals surface area contributed by atoms with Crippen molar-refractivity contribution >= 4 is 45.7 Å². The maximum absolute atomic E-state index is 12.5. The molecule has 0 radical (unpaired) electrons. The smallest absolute Gasteiger partial charge is 0.408 e. The Hall–Kier alpha value is -2.66. The molecule has 0 aliphatic rings. The third kappa shape index (κ3) is 6.44. The van der Waals surface area contributed by atoms with E-state index in [9.17, 15) is 9.59 Å². The largest absolute Gasteiger partial charge is 0.444 e. The van der Waals surface area contributed by atoms with Crippen LogP contribution in [-0.4, -0.2) is 43.2 Å². The van der Waals surface area contributed by atoms with Gasteiger partial charge in [-0.15, -0.1) is 15.3 Å². The number of aromatic nitrogens is 4. The summed E-state index contributed by atoms with van der Waals surface area (Å²) in [6.07, 6.45) is -0.522. The van der Waals surface area contributed by atoms with Crippen LogP contribution in [0.25, 0.3) is 4.96 Å². The number of benzene rings is 1. The van der Waals surface area contributed by atoms with Gasteiger partial charge in [-0.3, -0.25) is 4.79 Å². The summed E-state index contributed by atoms with van der Waals surface area (Å²) < 4.78 is 7.71.